The molecule has 0 unspecified atom stereocenters. The Morgan fingerprint density at radius 1 is 1.14 bits per heavy atom. The van der Waals surface area contributed by atoms with Gasteiger partial charge in [0.25, 0.3) is 0 Å². The van der Waals surface area contributed by atoms with Gasteiger partial charge < -0.3 is 9.30 Å². The molecular weight excluding hydrogens is 301 g/mol. The SMILES string of the molecule is CC(C)n1c(COc2ccc(F)cc2)cc2cccc(Cl)c21. The molecule has 2 aromatic carbocycles. The Morgan fingerprint density at radius 3 is 2.55 bits per heavy atom. The second kappa shape index (κ2) is 6.01. The van der Waals surface area contributed by atoms with Crippen molar-refractivity contribution in [1.82, 2.24) is 4.57 Å². The summed E-state index contributed by atoms with van der Waals surface area (Å²) in [6.45, 7) is 4.64. The number of ether oxygens (including phenoxy) is 1. The third-order valence-corrected chi connectivity index (χ3v) is 3.91. The summed E-state index contributed by atoms with van der Waals surface area (Å²) in [5, 5.41) is 1.83. The Labute approximate surface area is 134 Å². The van der Waals surface area contributed by atoms with E-state index in [0.29, 0.717) is 12.4 Å². The Kier molecular flexibility index (Phi) is 4.08. The second-order valence-corrected chi connectivity index (χ2v) is 5.93. The van der Waals surface area contributed by atoms with Gasteiger partial charge in [0.2, 0.25) is 0 Å². The third-order valence-electron chi connectivity index (χ3n) is 3.61. The highest BCUT2D eigenvalue weighted by Crippen LogP contribution is 2.30. The van der Waals surface area contributed by atoms with E-state index in [1.807, 2.05) is 18.2 Å². The molecule has 114 valence electrons. The van der Waals surface area contributed by atoms with E-state index < -0.39 is 0 Å². The number of hydrogen-bond acceptors (Lipinski definition) is 1. The van der Waals surface area contributed by atoms with Crippen LogP contribution in [0.5, 0.6) is 5.75 Å². The van der Waals surface area contributed by atoms with E-state index in [1.54, 1.807) is 12.1 Å². The molecule has 0 bridgehead atoms. The summed E-state index contributed by atoms with van der Waals surface area (Å²) in [6, 6.07) is 14.3. The van der Waals surface area contributed by atoms with Gasteiger partial charge >= 0.3 is 0 Å². The van der Waals surface area contributed by atoms with Crippen molar-refractivity contribution in [2.45, 2.75) is 26.5 Å². The van der Waals surface area contributed by atoms with Crippen LogP contribution < -0.4 is 4.74 Å². The maximum atomic E-state index is 12.9. The monoisotopic (exact) mass is 317 g/mol. The summed E-state index contributed by atoms with van der Waals surface area (Å²) in [5.41, 5.74) is 2.07. The molecule has 1 aromatic heterocycles. The van der Waals surface area contributed by atoms with Crippen LogP contribution in [0.3, 0.4) is 0 Å². The van der Waals surface area contributed by atoms with Crippen LogP contribution >= 0.6 is 11.6 Å². The minimum atomic E-state index is -0.268. The van der Waals surface area contributed by atoms with Gasteiger partial charge in [-0.15, -0.1) is 0 Å². The van der Waals surface area contributed by atoms with Crippen LogP contribution in [0.4, 0.5) is 4.39 Å². The molecule has 0 aliphatic carbocycles. The standard InChI is InChI=1S/C18H17ClFNO/c1-12(2)21-15(10-13-4-3-5-17(19)18(13)21)11-22-16-8-6-14(20)7-9-16/h3-10,12H,11H2,1-2H3. The maximum absolute atomic E-state index is 12.9. The summed E-state index contributed by atoms with van der Waals surface area (Å²) >= 11 is 6.35. The lowest BCUT2D eigenvalue weighted by molar-refractivity contribution is 0.292. The van der Waals surface area contributed by atoms with Crippen molar-refractivity contribution in [1.29, 1.82) is 0 Å². The van der Waals surface area contributed by atoms with Crippen LogP contribution in [0.25, 0.3) is 10.9 Å². The van der Waals surface area contributed by atoms with Gasteiger partial charge in [-0.25, -0.2) is 4.39 Å². The van der Waals surface area contributed by atoms with Crippen LogP contribution in [0.15, 0.2) is 48.5 Å². The van der Waals surface area contributed by atoms with Crippen molar-refractivity contribution in [2.75, 3.05) is 0 Å². The van der Waals surface area contributed by atoms with Gasteiger partial charge in [-0.3, -0.25) is 0 Å². The number of fused-ring (bicyclic) bond motifs is 1. The molecule has 0 aliphatic rings. The van der Waals surface area contributed by atoms with Gasteiger partial charge in [0, 0.05) is 11.4 Å². The number of para-hydroxylation sites is 1. The fraction of sp³-hybridized carbons (Fsp3) is 0.222. The third kappa shape index (κ3) is 2.81. The van der Waals surface area contributed by atoms with E-state index in [9.17, 15) is 4.39 Å². The Hall–Kier alpha value is -2.00. The first-order chi connectivity index (χ1) is 10.6. The summed E-state index contributed by atoms with van der Waals surface area (Å²) in [4.78, 5) is 0. The predicted octanol–water partition coefficient (Wildman–Crippen LogP) is 5.59. The van der Waals surface area contributed by atoms with E-state index in [0.717, 1.165) is 21.6 Å². The lowest BCUT2D eigenvalue weighted by atomic mass is 10.2. The van der Waals surface area contributed by atoms with Crippen molar-refractivity contribution < 1.29 is 9.13 Å². The Morgan fingerprint density at radius 2 is 1.86 bits per heavy atom. The first kappa shape index (κ1) is 14.9. The highest BCUT2D eigenvalue weighted by molar-refractivity contribution is 6.35. The average Bonchev–Trinajstić information content (AvgIpc) is 2.87. The van der Waals surface area contributed by atoms with Gasteiger partial charge in [-0.2, -0.15) is 0 Å². The first-order valence-electron chi connectivity index (χ1n) is 7.23. The highest BCUT2D eigenvalue weighted by Gasteiger charge is 2.14. The number of rotatable bonds is 4. The zero-order valence-corrected chi connectivity index (χ0v) is 13.3. The van der Waals surface area contributed by atoms with Crippen LogP contribution in [0.1, 0.15) is 25.6 Å². The van der Waals surface area contributed by atoms with E-state index >= 15 is 0 Å². The van der Waals surface area contributed by atoms with E-state index in [2.05, 4.69) is 24.5 Å². The number of nitrogens with zero attached hydrogens (tertiary/aromatic N) is 1. The van der Waals surface area contributed by atoms with Crippen LogP contribution in [0.2, 0.25) is 5.02 Å². The zero-order valence-electron chi connectivity index (χ0n) is 12.5. The molecule has 0 spiro atoms. The summed E-state index contributed by atoms with van der Waals surface area (Å²) < 4.78 is 20.9. The number of aromatic nitrogens is 1. The van der Waals surface area contributed by atoms with Crippen molar-refractivity contribution >= 4 is 22.5 Å². The van der Waals surface area contributed by atoms with Crippen LogP contribution in [-0.4, -0.2) is 4.57 Å². The van der Waals surface area contributed by atoms with Gasteiger partial charge in [0.05, 0.1) is 16.2 Å². The van der Waals surface area contributed by atoms with Crippen LogP contribution in [0, 0.1) is 5.82 Å². The number of hydrogen-bond donors (Lipinski definition) is 0. The molecule has 0 atom stereocenters. The van der Waals surface area contributed by atoms with Crippen LogP contribution in [-0.2, 0) is 6.61 Å². The molecule has 1 heterocycles. The van der Waals surface area contributed by atoms with Crippen molar-refractivity contribution in [2.24, 2.45) is 0 Å². The molecule has 3 aromatic rings. The lowest BCUT2D eigenvalue weighted by Crippen LogP contribution is -2.08. The summed E-state index contributed by atoms with van der Waals surface area (Å²) in [5.74, 6) is 0.378. The molecule has 3 rings (SSSR count). The lowest BCUT2D eigenvalue weighted by Gasteiger charge is -2.16. The molecule has 0 saturated carbocycles. The Balaban J connectivity index is 1.94. The van der Waals surface area contributed by atoms with E-state index in [4.69, 9.17) is 16.3 Å². The highest BCUT2D eigenvalue weighted by atomic mass is 35.5. The fourth-order valence-corrected chi connectivity index (χ4v) is 2.96. The normalized spacial score (nSPS) is 11.3. The van der Waals surface area contributed by atoms with E-state index in [-0.39, 0.29) is 11.9 Å². The molecule has 0 aliphatic heterocycles. The largest absolute Gasteiger partial charge is 0.487 e. The van der Waals surface area contributed by atoms with Gasteiger partial charge in [0.1, 0.15) is 18.2 Å². The fourth-order valence-electron chi connectivity index (χ4n) is 2.68. The molecule has 0 fully saturated rings. The number of benzene rings is 2. The van der Waals surface area contributed by atoms with Gasteiger partial charge in [0.15, 0.2) is 0 Å². The molecule has 22 heavy (non-hydrogen) atoms. The molecular formula is C18H17ClFNO. The quantitative estimate of drug-likeness (QED) is 0.611. The molecule has 0 radical (unpaired) electrons. The minimum Gasteiger partial charge on any atom is -0.487 e. The topological polar surface area (TPSA) is 14.2 Å². The molecule has 0 saturated heterocycles. The second-order valence-electron chi connectivity index (χ2n) is 5.52. The summed E-state index contributed by atoms with van der Waals surface area (Å²) in [6.07, 6.45) is 0. The smallest absolute Gasteiger partial charge is 0.128 e. The minimum absolute atomic E-state index is 0.268. The van der Waals surface area contributed by atoms with Gasteiger partial charge in [-0.05, 0) is 50.2 Å². The maximum Gasteiger partial charge on any atom is 0.128 e. The summed E-state index contributed by atoms with van der Waals surface area (Å²) in [7, 11) is 0. The predicted molar refractivity (Wildman–Crippen MR) is 88.1 cm³/mol. The van der Waals surface area contributed by atoms with E-state index in [1.165, 1.54) is 12.1 Å². The van der Waals surface area contributed by atoms with Crippen molar-refractivity contribution in [3.8, 4) is 5.75 Å². The molecule has 0 N–H and O–H groups in total. The molecule has 0 amide bonds. The molecule has 4 heteroatoms. The Bertz CT molecular complexity index is 793. The molecule has 2 nitrogen and oxygen atoms in total. The number of halogens is 2. The first-order valence-corrected chi connectivity index (χ1v) is 7.61. The van der Waals surface area contributed by atoms with Gasteiger partial charge in [-0.1, -0.05) is 23.7 Å². The van der Waals surface area contributed by atoms with Crippen molar-refractivity contribution in [3.63, 3.8) is 0 Å². The average molecular weight is 318 g/mol. The zero-order chi connectivity index (χ0) is 15.7. The van der Waals surface area contributed by atoms with Crippen molar-refractivity contribution in [3.05, 3.63) is 65.1 Å².